The Morgan fingerprint density at radius 1 is 1.53 bits per heavy atom. The van der Waals surface area contributed by atoms with Gasteiger partial charge in [-0.25, -0.2) is 0 Å². The first-order valence-electron chi connectivity index (χ1n) is 5.71. The lowest BCUT2D eigenvalue weighted by Gasteiger charge is -2.18. The highest BCUT2D eigenvalue weighted by Gasteiger charge is 2.22. The summed E-state index contributed by atoms with van der Waals surface area (Å²) >= 11 is 0. The van der Waals surface area contributed by atoms with Crippen LogP contribution < -0.4 is 10.2 Å². The van der Waals surface area contributed by atoms with Crippen molar-refractivity contribution in [3.8, 4) is 6.07 Å². The van der Waals surface area contributed by atoms with Gasteiger partial charge >= 0.3 is 0 Å². The fourth-order valence-electron chi connectivity index (χ4n) is 1.63. The molecule has 1 aromatic rings. The number of benzene rings is 1. The number of carbonyl (C=O) groups excluding carboxylic acids is 1. The molecule has 1 fully saturated rings. The number of nitrogens with one attached hydrogen (secondary N) is 1. The molecule has 0 radical (unpaired) electrons. The van der Waals surface area contributed by atoms with Gasteiger partial charge in [0, 0.05) is 13.1 Å². The lowest BCUT2D eigenvalue weighted by atomic mass is 10.2. The average molecular weight is 229 g/mol. The predicted octanol–water partition coefficient (Wildman–Crippen LogP) is 1.27. The molecule has 1 aliphatic rings. The second kappa shape index (κ2) is 4.98. The Bertz CT molecular complexity index is 460. The van der Waals surface area contributed by atoms with Gasteiger partial charge < -0.3 is 10.2 Å². The first-order valence-corrected chi connectivity index (χ1v) is 5.71. The van der Waals surface area contributed by atoms with E-state index in [0.717, 1.165) is 12.8 Å². The smallest absolute Gasteiger partial charge is 0.240 e. The molecule has 88 valence electrons. The Hall–Kier alpha value is -1.86. The van der Waals surface area contributed by atoms with E-state index in [4.69, 9.17) is 5.26 Å². The zero-order chi connectivity index (χ0) is 12.3. The molecule has 0 heterocycles. The Labute approximate surface area is 101 Å². The highest BCUT2D eigenvalue weighted by molar-refractivity contribution is 5.95. The summed E-state index contributed by atoms with van der Waals surface area (Å²) in [6.07, 6.45) is 2.32. The van der Waals surface area contributed by atoms with Crippen molar-refractivity contribution in [2.45, 2.75) is 18.9 Å². The minimum Gasteiger partial charge on any atom is -0.313 e. The van der Waals surface area contributed by atoms with Crippen molar-refractivity contribution in [1.82, 2.24) is 5.32 Å². The number of anilines is 1. The van der Waals surface area contributed by atoms with Gasteiger partial charge in [0.1, 0.15) is 6.07 Å². The third-order valence-corrected chi connectivity index (χ3v) is 2.88. The van der Waals surface area contributed by atoms with Crippen LogP contribution in [0.3, 0.4) is 0 Å². The Morgan fingerprint density at radius 3 is 2.88 bits per heavy atom. The number of hydrogen-bond acceptors (Lipinski definition) is 3. The van der Waals surface area contributed by atoms with Crippen molar-refractivity contribution in [3.05, 3.63) is 29.8 Å². The van der Waals surface area contributed by atoms with Crippen molar-refractivity contribution < 1.29 is 4.79 Å². The van der Waals surface area contributed by atoms with Crippen LogP contribution in [0.5, 0.6) is 0 Å². The lowest BCUT2D eigenvalue weighted by molar-refractivity contribution is -0.117. The summed E-state index contributed by atoms with van der Waals surface area (Å²) in [6, 6.07) is 9.73. The van der Waals surface area contributed by atoms with Gasteiger partial charge in [-0.1, -0.05) is 12.1 Å². The van der Waals surface area contributed by atoms with E-state index in [1.807, 2.05) is 6.07 Å². The highest BCUT2D eigenvalue weighted by atomic mass is 16.2. The van der Waals surface area contributed by atoms with Crippen LogP contribution in [0.1, 0.15) is 18.4 Å². The average Bonchev–Trinajstić information content (AvgIpc) is 3.19. The van der Waals surface area contributed by atoms with Crippen molar-refractivity contribution in [2.75, 3.05) is 18.5 Å². The van der Waals surface area contributed by atoms with Gasteiger partial charge in [-0.2, -0.15) is 5.26 Å². The molecule has 1 amide bonds. The van der Waals surface area contributed by atoms with Gasteiger partial charge in [0.2, 0.25) is 5.91 Å². The molecule has 0 aliphatic heterocycles. The van der Waals surface area contributed by atoms with Crippen LogP contribution >= 0.6 is 0 Å². The van der Waals surface area contributed by atoms with E-state index in [0.29, 0.717) is 23.8 Å². The highest BCUT2D eigenvalue weighted by Crippen LogP contribution is 2.20. The number of nitrogens with zero attached hydrogens (tertiary/aromatic N) is 2. The van der Waals surface area contributed by atoms with E-state index in [-0.39, 0.29) is 5.91 Å². The van der Waals surface area contributed by atoms with E-state index in [1.54, 1.807) is 25.2 Å². The predicted molar refractivity (Wildman–Crippen MR) is 65.6 cm³/mol. The van der Waals surface area contributed by atoms with Gasteiger partial charge in [0.25, 0.3) is 0 Å². The van der Waals surface area contributed by atoms with E-state index in [2.05, 4.69) is 11.4 Å². The molecule has 1 saturated carbocycles. The summed E-state index contributed by atoms with van der Waals surface area (Å²) in [5.41, 5.74) is 1.19. The molecule has 0 bridgehead atoms. The van der Waals surface area contributed by atoms with Crippen LogP contribution in [-0.2, 0) is 4.79 Å². The topological polar surface area (TPSA) is 56.1 Å². The van der Waals surface area contributed by atoms with Crippen LogP contribution in [0.15, 0.2) is 24.3 Å². The number of rotatable bonds is 4. The summed E-state index contributed by atoms with van der Waals surface area (Å²) in [6.45, 7) is 0.334. The summed E-state index contributed by atoms with van der Waals surface area (Å²) in [7, 11) is 1.70. The number of para-hydroxylation sites is 1. The lowest BCUT2D eigenvalue weighted by Crippen LogP contribution is -2.36. The molecule has 0 saturated heterocycles. The standard InChI is InChI=1S/C13H15N3O/c1-16(13(17)9-15-11-6-7-11)12-5-3-2-4-10(12)8-14/h2-5,11,15H,6-7,9H2,1H3. The van der Waals surface area contributed by atoms with Gasteiger partial charge in [-0.05, 0) is 25.0 Å². The maximum absolute atomic E-state index is 11.9. The van der Waals surface area contributed by atoms with Crippen molar-refractivity contribution >= 4 is 11.6 Å². The molecular formula is C13H15N3O. The number of likely N-dealkylation sites (N-methyl/N-ethyl adjacent to an activating group) is 1. The van der Waals surface area contributed by atoms with Gasteiger partial charge in [-0.15, -0.1) is 0 Å². The number of nitriles is 1. The zero-order valence-electron chi connectivity index (χ0n) is 9.81. The molecule has 0 atom stereocenters. The third kappa shape index (κ3) is 2.83. The van der Waals surface area contributed by atoms with Crippen LogP contribution in [0.2, 0.25) is 0 Å². The Kier molecular flexibility index (Phi) is 3.40. The maximum atomic E-state index is 11.9. The van der Waals surface area contributed by atoms with Crippen molar-refractivity contribution in [2.24, 2.45) is 0 Å². The summed E-state index contributed by atoms with van der Waals surface area (Å²) < 4.78 is 0. The molecule has 1 aromatic carbocycles. The van der Waals surface area contributed by atoms with E-state index < -0.39 is 0 Å². The normalized spacial score (nSPS) is 14.1. The van der Waals surface area contributed by atoms with Crippen LogP contribution in [0.4, 0.5) is 5.69 Å². The van der Waals surface area contributed by atoms with Crippen molar-refractivity contribution in [3.63, 3.8) is 0 Å². The fourth-order valence-corrected chi connectivity index (χ4v) is 1.63. The third-order valence-electron chi connectivity index (χ3n) is 2.88. The Balaban J connectivity index is 2.04. The van der Waals surface area contributed by atoms with E-state index >= 15 is 0 Å². The second-order valence-corrected chi connectivity index (χ2v) is 4.24. The monoisotopic (exact) mass is 229 g/mol. The second-order valence-electron chi connectivity index (χ2n) is 4.24. The minimum absolute atomic E-state index is 0.0143. The molecule has 1 N–H and O–H groups in total. The molecule has 0 spiro atoms. The number of hydrogen-bond donors (Lipinski definition) is 1. The minimum atomic E-state index is -0.0143. The molecule has 0 aromatic heterocycles. The molecule has 17 heavy (non-hydrogen) atoms. The zero-order valence-corrected chi connectivity index (χ0v) is 9.81. The number of carbonyl (C=O) groups is 1. The van der Waals surface area contributed by atoms with Gasteiger partial charge in [0.05, 0.1) is 17.8 Å². The Morgan fingerprint density at radius 2 is 2.24 bits per heavy atom. The van der Waals surface area contributed by atoms with Crippen LogP contribution in [0, 0.1) is 11.3 Å². The number of amides is 1. The molecule has 1 aliphatic carbocycles. The van der Waals surface area contributed by atoms with E-state index in [9.17, 15) is 4.79 Å². The fraction of sp³-hybridized carbons (Fsp3) is 0.385. The first-order chi connectivity index (χ1) is 8.22. The molecule has 4 nitrogen and oxygen atoms in total. The largest absolute Gasteiger partial charge is 0.313 e. The molecule has 2 rings (SSSR count). The molecule has 4 heteroatoms. The summed E-state index contributed by atoms with van der Waals surface area (Å²) in [5, 5.41) is 12.1. The van der Waals surface area contributed by atoms with E-state index in [1.165, 1.54) is 4.90 Å². The van der Waals surface area contributed by atoms with Gasteiger partial charge in [0.15, 0.2) is 0 Å². The first kappa shape index (κ1) is 11.6. The molecular weight excluding hydrogens is 214 g/mol. The summed E-state index contributed by atoms with van der Waals surface area (Å²) in [5.74, 6) is -0.0143. The molecule has 0 unspecified atom stereocenters. The quantitative estimate of drug-likeness (QED) is 0.846. The van der Waals surface area contributed by atoms with Crippen LogP contribution in [-0.4, -0.2) is 25.5 Å². The van der Waals surface area contributed by atoms with Crippen LogP contribution in [0.25, 0.3) is 0 Å². The van der Waals surface area contributed by atoms with Gasteiger partial charge in [-0.3, -0.25) is 4.79 Å². The SMILES string of the molecule is CN(C(=O)CNC1CC1)c1ccccc1C#N. The van der Waals surface area contributed by atoms with Crippen molar-refractivity contribution in [1.29, 1.82) is 5.26 Å². The maximum Gasteiger partial charge on any atom is 0.240 e. The summed E-state index contributed by atoms with van der Waals surface area (Å²) in [4.78, 5) is 13.4.